The van der Waals surface area contributed by atoms with E-state index in [1.165, 1.54) is 0 Å². The molecular weight excluding hydrogens is 218 g/mol. The highest BCUT2D eigenvalue weighted by Gasteiger charge is 2.18. The minimum atomic E-state index is -0.469. The molecule has 94 valence electrons. The van der Waals surface area contributed by atoms with Crippen LogP contribution >= 0.6 is 0 Å². The van der Waals surface area contributed by atoms with Crippen LogP contribution in [0.3, 0.4) is 0 Å². The monoisotopic (exact) mass is 237 g/mol. The number of rotatable bonds is 5. The van der Waals surface area contributed by atoms with Crippen LogP contribution in [0.1, 0.15) is 20.8 Å². The van der Waals surface area contributed by atoms with Crippen molar-refractivity contribution < 1.29 is 14.3 Å². The molecule has 0 bridgehead atoms. The van der Waals surface area contributed by atoms with Gasteiger partial charge in [0, 0.05) is 13.2 Å². The molecule has 17 heavy (non-hydrogen) atoms. The van der Waals surface area contributed by atoms with Crippen molar-refractivity contribution in [3.63, 3.8) is 0 Å². The Morgan fingerprint density at radius 1 is 1.29 bits per heavy atom. The quantitative estimate of drug-likeness (QED) is 0.856. The van der Waals surface area contributed by atoms with Crippen LogP contribution in [0.5, 0.6) is 5.75 Å². The summed E-state index contributed by atoms with van der Waals surface area (Å²) in [7, 11) is 0. The second-order valence-electron chi connectivity index (χ2n) is 4.25. The standard InChI is InChI=1S/C13H19NO3/c1-4-16-13(2,3)10-14-12(15)17-11-8-6-5-7-9-11/h5-9H,4,10H2,1-3H3,(H,14,15). The van der Waals surface area contributed by atoms with Gasteiger partial charge in [-0.1, -0.05) is 18.2 Å². The molecule has 0 aromatic heterocycles. The van der Waals surface area contributed by atoms with Crippen LogP contribution in [0.15, 0.2) is 30.3 Å². The largest absolute Gasteiger partial charge is 0.412 e. The van der Waals surface area contributed by atoms with Crippen molar-refractivity contribution in [1.82, 2.24) is 5.32 Å². The van der Waals surface area contributed by atoms with Crippen LogP contribution in [0.25, 0.3) is 0 Å². The summed E-state index contributed by atoms with van der Waals surface area (Å²) in [6, 6.07) is 8.95. The van der Waals surface area contributed by atoms with Crippen molar-refractivity contribution in [3.05, 3.63) is 30.3 Å². The van der Waals surface area contributed by atoms with Crippen molar-refractivity contribution in [2.45, 2.75) is 26.4 Å². The van der Waals surface area contributed by atoms with Crippen LogP contribution < -0.4 is 10.1 Å². The predicted octanol–water partition coefficient (Wildman–Crippen LogP) is 2.59. The van der Waals surface area contributed by atoms with E-state index >= 15 is 0 Å². The Hall–Kier alpha value is -1.55. The van der Waals surface area contributed by atoms with Crippen LogP contribution in [-0.2, 0) is 4.74 Å². The van der Waals surface area contributed by atoms with Crippen molar-refractivity contribution in [1.29, 1.82) is 0 Å². The van der Waals surface area contributed by atoms with Gasteiger partial charge in [-0.15, -0.1) is 0 Å². The van der Waals surface area contributed by atoms with Crippen molar-refractivity contribution in [2.24, 2.45) is 0 Å². The second-order valence-corrected chi connectivity index (χ2v) is 4.25. The summed E-state index contributed by atoms with van der Waals surface area (Å²) in [4.78, 5) is 11.5. The first-order valence-electron chi connectivity index (χ1n) is 5.68. The van der Waals surface area contributed by atoms with Gasteiger partial charge in [0.25, 0.3) is 0 Å². The van der Waals surface area contributed by atoms with Gasteiger partial charge < -0.3 is 14.8 Å². The molecule has 1 rings (SSSR count). The maximum atomic E-state index is 11.5. The van der Waals surface area contributed by atoms with Crippen LogP contribution in [0.2, 0.25) is 0 Å². The fourth-order valence-corrected chi connectivity index (χ4v) is 1.36. The molecule has 0 heterocycles. The van der Waals surface area contributed by atoms with E-state index in [1.807, 2.05) is 39.0 Å². The zero-order valence-corrected chi connectivity index (χ0v) is 10.5. The molecule has 0 atom stereocenters. The van der Waals surface area contributed by atoms with Gasteiger partial charge in [0.15, 0.2) is 0 Å². The van der Waals surface area contributed by atoms with Gasteiger partial charge in [0.2, 0.25) is 0 Å². The van der Waals surface area contributed by atoms with Crippen molar-refractivity contribution in [3.8, 4) is 5.75 Å². The normalized spacial score (nSPS) is 11.0. The third kappa shape index (κ3) is 5.36. The molecule has 1 amide bonds. The molecule has 0 unspecified atom stereocenters. The molecule has 0 aliphatic carbocycles. The first-order chi connectivity index (χ1) is 8.03. The van der Waals surface area contributed by atoms with E-state index in [9.17, 15) is 4.79 Å². The number of carbonyl (C=O) groups is 1. The number of hydrogen-bond acceptors (Lipinski definition) is 3. The first-order valence-corrected chi connectivity index (χ1v) is 5.68. The average molecular weight is 237 g/mol. The molecule has 0 saturated heterocycles. The zero-order chi connectivity index (χ0) is 12.7. The van der Waals surface area contributed by atoms with Gasteiger partial charge >= 0.3 is 6.09 Å². The molecule has 0 aliphatic heterocycles. The molecule has 0 fully saturated rings. The highest BCUT2D eigenvalue weighted by molar-refractivity contribution is 5.70. The number of amides is 1. The van der Waals surface area contributed by atoms with Crippen LogP contribution in [0.4, 0.5) is 4.79 Å². The number of para-hydroxylation sites is 1. The Labute approximate surface area is 102 Å². The van der Waals surface area contributed by atoms with Gasteiger partial charge in [-0.25, -0.2) is 4.79 Å². The average Bonchev–Trinajstić information content (AvgIpc) is 2.28. The Morgan fingerprint density at radius 3 is 2.53 bits per heavy atom. The predicted molar refractivity (Wildman–Crippen MR) is 66.2 cm³/mol. The van der Waals surface area contributed by atoms with Crippen LogP contribution in [0, 0.1) is 0 Å². The third-order valence-corrected chi connectivity index (χ3v) is 2.15. The van der Waals surface area contributed by atoms with Gasteiger partial charge in [0.05, 0.1) is 5.60 Å². The molecule has 1 aromatic rings. The van der Waals surface area contributed by atoms with Crippen molar-refractivity contribution in [2.75, 3.05) is 13.2 Å². The smallest absolute Gasteiger partial charge is 0.410 e. The van der Waals surface area contributed by atoms with Gasteiger partial charge in [-0.3, -0.25) is 0 Å². The number of ether oxygens (including phenoxy) is 2. The molecule has 0 spiro atoms. The molecule has 1 aromatic carbocycles. The van der Waals surface area contributed by atoms with E-state index in [0.29, 0.717) is 18.9 Å². The Balaban J connectivity index is 2.36. The minimum absolute atomic E-state index is 0.384. The zero-order valence-electron chi connectivity index (χ0n) is 10.5. The fraction of sp³-hybridized carbons (Fsp3) is 0.462. The lowest BCUT2D eigenvalue weighted by molar-refractivity contribution is -0.00782. The summed E-state index contributed by atoms with van der Waals surface area (Å²) in [5.41, 5.74) is -0.384. The van der Waals surface area contributed by atoms with E-state index in [2.05, 4.69) is 5.32 Å². The Bertz CT molecular complexity index is 349. The Kier molecular flexibility index (Phi) is 4.97. The molecule has 0 saturated carbocycles. The first kappa shape index (κ1) is 13.5. The molecule has 0 aliphatic rings. The molecular formula is C13H19NO3. The number of hydrogen-bond donors (Lipinski definition) is 1. The highest BCUT2D eigenvalue weighted by Crippen LogP contribution is 2.09. The summed E-state index contributed by atoms with van der Waals surface area (Å²) >= 11 is 0. The minimum Gasteiger partial charge on any atom is -0.410 e. The molecule has 1 N–H and O–H groups in total. The number of carbonyl (C=O) groups excluding carboxylic acids is 1. The highest BCUT2D eigenvalue weighted by atomic mass is 16.6. The molecule has 0 radical (unpaired) electrons. The fourth-order valence-electron chi connectivity index (χ4n) is 1.36. The van der Waals surface area contributed by atoms with E-state index < -0.39 is 6.09 Å². The summed E-state index contributed by atoms with van der Waals surface area (Å²) in [5, 5.41) is 2.67. The summed E-state index contributed by atoms with van der Waals surface area (Å²) in [5.74, 6) is 0.527. The van der Waals surface area contributed by atoms with E-state index in [0.717, 1.165) is 0 Å². The molecule has 4 heteroatoms. The lowest BCUT2D eigenvalue weighted by Gasteiger charge is -2.24. The van der Waals surface area contributed by atoms with E-state index in [1.54, 1.807) is 12.1 Å². The van der Waals surface area contributed by atoms with E-state index in [4.69, 9.17) is 9.47 Å². The van der Waals surface area contributed by atoms with Gasteiger partial charge in [-0.2, -0.15) is 0 Å². The second kappa shape index (κ2) is 6.25. The lowest BCUT2D eigenvalue weighted by atomic mass is 10.1. The topological polar surface area (TPSA) is 47.6 Å². The molecule has 4 nitrogen and oxygen atoms in total. The summed E-state index contributed by atoms with van der Waals surface area (Å²) in [6.45, 7) is 6.78. The van der Waals surface area contributed by atoms with Crippen molar-refractivity contribution >= 4 is 6.09 Å². The number of nitrogens with one attached hydrogen (secondary N) is 1. The number of benzene rings is 1. The Morgan fingerprint density at radius 2 is 1.94 bits per heavy atom. The van der Waals surface area contributed by atoms with Gasteiger partial charge in [-0.05, 0) is 32.9 Å². The van der Waals surface area contributed by atoms with Gasteiger partial charge in [0.1, 0.15) is 5.75 Å². The van der Waals surface area contributed by atoms with Crippen LogP contribution in [-0.4, -0.2) is 24.8 Å². The van der Waals surface area contributed by atoms with E-state index in [-0.39, 0.29) is 5.60 Å². The third-order valence-electron chi connectivity index (χ3n) is 2.15. The maximum Gasteiger partial charge on any atom is 0.412 e. The lowest BCUT2D eigenvalue weighted by Crippen LogP contribution is -2.41. The SMILES string of the molecule is CCOC(C)(C)CNC(=O)Oc1ccccc1. The summed E-state index contributed by atoms with van der Waals surface area (Å²) in [6.07, 6.45) is -0.469. The maximum absolute atomic E-state index is 11.5. The summed E-state index contributed by atoms with van der Waals surface area (Å²) < 4.78 is 10.5.